The molecule has 2 saturated heterocycles. The molecule has 0 aromatic carbocycles. The maximum absolute atomic E-state index is 12.6. The molecule has 1 spiro atoms. The highest BCUT2D eigenvalue weighted by atomic mass is 16.5. The molecular formula is C18H21N3O4. The van der Waals surface area contributed by atoms with Gasteiger partial charge in [0.1, 0.15) is 23.2 Å². The Bertz CT molecular complexity index is 768. The van der Waals surface area contributed by atoms with Gasteiger partial charge < -0.3 is 18.8 Å². The fourth-order valence-electron chi connectivity index (χ4n) is 3.61. The smallest absolute Gasteiger partial charge is 0.316 e. The van der Waals surface area contributed by atoms with E-state index in [4.69, 9.17) is 13.9 Å². The van der Waals surface area contributed by atoms with E-state index in [1.165, 1.54) is 0 Å². The molecule has 132 valence electrons. The summed E-state index contributed by atoms with van der Waals surface area (Å²) in [5.74, 6) is 1.41. The average Bonchev–Trinajstić information content (AvgIpc) is 2.91. The summed E-state index contributed by atoms with van der Waals surface area (Å²) in [5.41, 5.74) is 0.314. The minimum absolute atomic E-state index is 0.00184. The summed E-state index contributed by atoms with van der Waals surface area (Å²) in [7, 11) is 0. The largest absolute Gasteiger partial charge is 0.466 e. The molecule has 25 heavy (non-hydrogen) atoms. The van der Waals surface area contributed by atoms with E-state index in [-0.39, 0.29) is 17.6 Å². The number of carbonyl (C=O) groups is 1. The van der Waals surface area contributed by atoms with Crippen LogP contribution in [0.4, 0.5) is 0 Å². The molecular weight excluding hydrogens is 322 g/mol. The van der Waals surface area contributed by atoms with Gasteiger partial charge in [0, 0.05) is 25.2 Å². The van der Waals surface area contributed by atoms with Crippen LogP contribution in [0.5, 0.6) is 6.01 Å². The molecule has 1 atom stereocenters. The standard InChI is InChI=1S/C18H21N3O4/c1-12-8-15(13(2)24-12)16(22)21-10-18(11-21)9-14(4-7-23-18)25-17-19-5-3-6-20-17/h3,5-6,8,14H,4,7,9-11H2,1-2H3/t14-/m1/s1. The Balaban J connectivity index is 1.38. The number of rotatable bonds is 3. The fourth-order valence-corrected chi connectivity index (χ4v) is 3.61. The summed E-state index contributed by atoms with van der Waals surface area (Å²) < 4.78 is 17.3. The molecule has 7 heteroatoms. The number of aromatic nitrogens is 2. The topological polar surface area (TPSA) is 77.7 Å². The molecule has 0 saturated carbocycles. The monoisotopic (exact) mass is 343 g/mol. The second-order valence-corrected chi connectivity index (χ2v) is 6.78. The van der Waals surface area contributed by atoms with Crippen LogP contribution in [0.2, 0.25) is 0 Å². The molecule has 4 rings (SSSR count). The van der Waals surface area contributed by atoms with E-state index in [0.717, 1.165) is 18.6 Å². The van der Waals surface area contributed by atoms with Crippen molar-refractivity contribution >= 4 is 5.91 Å². The third-order valence-electron chi connectivity index (χ3n) is 4.78. The minimum Gasteiger partial charge on any atom is -0.466 e. The Morgan fingerprint density at radius 1 is 1.32 bits per heavy atom. The lowest BCUT2D eigenvalue weighted by Crippen LogP contribution is -2.67. The van der Waals surface area contributed by atoms with Gasteiger partial charge in [-0.2, -0.15) is 0 Å². The van der Waals surface area contributed by atoms with E-state index in [2.05, 4.69) is 9.97 Å². The van der Waals surface area contributed by atoms with E-state index < -0.39 is 0 Å². The van der Waals surface area contributed by atoms with Crippen molar-refractivity contribution in [1.29, 1.82) is 0 Å². The van der Waals surface area contributed by atoms with Crippen LogP contribution >= 0.6 is 0 Å². The van der Waals surface area contributed by atoms with Crippen molar-refractivity contribution in [2.45, 2.75) is 38.4 Å². The van der Waals surface area contributed by atoms with Crippen LogP contribution in [0.1, 0.15) is 34.7 Å². The Kier molecular flexibility index (Phi) is 3.95. The highest BCUT2D eigenvalue weighted by molar-refractivity contribution is 5.96. The van der Waals surface area contributed by atoms with Gasteiger partial charge in [0.25, 0.3) is 5.91 Å². The number of nitrogens with zero attached hydrogens (tertiary/aromatic N) is 3. The van der Waals surface area contributed by atoms with E-state index in [0.29, 0.717) is 37.0 Å². The summed E-state index contributed by atoms with van der Waals surface area (Å²) in [4.78, 5) is 22.6. The molecule has 0 aliphatic carbocycles. The van der Waals surface area contributed by atoms with Crippen LogP contribution < -0.4 is 4.74 Å². The molecule has 0 radical (unpaired) electrons. The number of furan rings is 1. The van der Waals surface area contributed by atoms with Gasteiger partial charge in [-0.1, -0.05) is 0 Å². The van der Waals surface area contributed by atoms with E-state index >= 15 is 0 Å². The third kappa shape index (κ3) is 3.11. The van der Waals surface area contributed by atoms with Crippen molar-refractivity contribution in [1.82, 2.24) is 14.9 Å². The highest BCUT2D eigenvalue weighted by Crippen LogP contribution is 2.36. The lowest BCUT2D eigenvalue weighted by Gasteiger charge is -2.52. The second-order valence-electron chi connectivity index (χ2n) is 6.78. The van der Waals surface area contributed by atoms with Crippen molar-refractivity contribution in [2.75, 3.05) is 19.7 Å². The predicted octanol–water partition coefficient (Wildman–Crippen LogP) is 2.14. The normalized spacial score (nSPS) is 21.8. The van der Waals surface area contributed by atoms with Crippen molar-refractivity contribution in [2.24, 2.45) is 0 Å². The summed E-state index contributed by atoms with van der Waals surface area (Å²) in [6, 6.07) is 3.94. The molecule has 4 heterocycles. The first-order valence-corrected chi connectivity index (χ1v) is 8.49. The Hall–Kier alpha value is -2.41. The number of likely N-dealkylation sites (tertiary alicyclic amines) is 1. The average molecular weight is 343 g/mol. The Morgan fingerprint density at radius 2 is 2.08 bits per heavy atom. The summed E-state index contributed by atoms with van der Waals surface area (Å²) >= 11 is 0. The molecule has 0 unspecified atom stereocenters. The molecule has 1 amide bonds. The molecule has 0 bridgehead atoms. The SMILES string of the molecule is Cc1cc(C(=O)N2CC3(C[C@H](Oc4ncccn4)CCO3)C2)c(C)o1. The maximum Gasteiger partial charge on any atom is 0.316 e. The second kappa shape index (κ2) is 6.15. The zero-order valence-electron chi connectivity index (χ0n) is 14.4. The molecule has 2 aromatic rings. The van der Waals surface area contributed by atoms with E-state index in [1.807, 2.05) is 13.8 Å². The van der Waals surface area contributed by atoms with Gasteiger partial charge in [-0.05, 0) is 26.0 Å². The first-order chi connectivity index (χ1) is 12.0. The van der Waals surface area contributed by atoms with Crippen LogP contribution in [-0.4, -0.2) is 52.2 Å². The molecule has 0 N–H and O–H groups in total. The van der Waals surface area contributed by atoms with Crippen LogP contribution in [-0.2, 0) is 4.74 Å². The minimum atomic E-state index is -0.319. The molecule has 2 aliphatic heterocycles. The molecule has 2 fully saturated rings. The summed E-state index contributed by atoms with van der Waals surface area (Å²) in [5, 5.41) is 0. The van der Waals surface area contributed by atoms with Crippen molar-refractivity contribution in [3.8, 4) is 6.01 Å². The van der Waals surface area contributed by atoms with Crippen LogP contribution in [0.3, 0.4) is 0 Å². The summed E-state index contributed by atoms with van der Waals surface area (Å²) in [6.45, 7) is 5.43. The van der Waals surface area contributed by atoms with Crippen molar-refractivity contribution in [3.63, 3.8) is 0 Å². The van der Waals surface area contributed by atoms with E-state index in [9.17, 15) is 4.79 Å². The molecule has 2 aromatic heterocycles. The van der Waals surface area contributed by atoms with Crippen LogP contribution in [0, 0.1) is 13.8 Å². The quantitative estimate of drug-likeness (QED) is 0.850. The first kappa shape index (κ1) is 16.1. The Labute approximate surface area is 146 Å². The number of amides is 1. The highest BCUT2D eigenvalue weighted by Gasteiger charge is 2.50. The fraction of sp³-hybridized carbons (Fsp3) is 0.500. The van der Waals surface area contributed by atoms with Crippen molar-refractivity contribution < 1.29 is 18.7 Å². The lowest BCUT2D eigenvalue weighted by molar-refractivity contribution is -0.174. The molecule has 2 aliphatic rings. The Morgan fingerprint density at radius 3 is 2.76 bits per heavy atom. The third-order valence-corrected chi connectivity index (χ3v) is 4.78. The number of ether oxygens (including phenoxy) is 2. The van der Waals surface area contributed by atoms with Gasteiger partial charge in [-0.3, -0.25) is 4.79 Å². The van der Waals surface area contributed by atoms with Crippen molar-refractivity contribution in [3.05, 3.63) is 41.6 Å². The van der Waals surface area contributed by atoms with Gasteiger partial charge >= 0.3 is 6.01 Å². The lowest BCUT2D eigenvalue weighted by atomic mass is 9.84. The number of hydrogen-bond donors (Lipinski definition) is 0. The number of hydrogen-bond acceptors (Lipinski definition) is 6. The molecule has 7 nitrogen and oxygen atoms in total. The zero-order chi connectivity index (χ0) is 17.4. The summed E-state index contributed by atoms with van der Waals surface area (Å²) in [6.07, 6.45) is 4.87. The first-order valence-electron chi connectivity index (χ1n) is 8.49. The number of aryl methyl sites for hydroxylation is 2. The number of carbonyl (C=O) groups excluding carboxylic acids is 1. The maximum atomic E-state index is 12.6. The van der Waals surface area contributed by atoms with Gasteiger partial charge in [0.2, 0.25) is 0 Å². The van der Waals surface area contributed by atoms with E-state index in [1.54, 1.807) is 29.4 Å². The van der Waals surface area contributed by atoms with Crippen LogP contribution in [0.15, 0.2) is 28.9 Å². The van der Waals surface area contributed by atoms with Crippen LogP contribution in [0.25, 0.3) is 0 Å². The van der Waals surface area contributed by atoms with Gasteiger partial charge in [-0.25, -0.2) is 9.97 Å². The van der Waals surface area contributed by atoms with Gasteiger partial charge in [0.05, 0.1) is 25.3 Å². The van der Waals surface area contributed by atoms with Gasteiger partial charge in [0.15, 0.2) is 0 Å². The van der Waals surface area contributed by atoms with Gasteiger partial charge in [-0.15, -0.1) is 0 Å². The predicted molar refractivity (Wildman–Crippen MR) is 88.5 cm³/mol. The zero-order valence-corrected chi connectivity index (χ0v) is 14.4.